The Morgan fingerprint density at radius 1 is 1.14 bits per heavy atom. The van der Waals surface area contributed by atoms with Gasteiger partial charge in [0.2, 0.25) is 0 Å². The molecule has 6 nitrogen and oxygen atoms in total. The number of nitrogen functional groups attached to an aromatic ring is 1. The number of methoxy groups -OCH3 is 2. The van der Waals surface area contributed by atoms with Gasteiger partial charge in [-0.25, -0.2) is 9.97 Å². The third-order valence-corrected chi connectivity index (χ3v) is 3.57. The van der Waals surface area contributed by atoms with Gasteiger partial charge in [0, 0.05) is 5.41 Å². The Bertz CT molecular complexity index is 791. The number of hydrogen-bond acceptors (Lipinski definition) is 6. The lowest BCUT2D eigenvalue weighted by molar-refractivity contribution is 0.355. The summed E-state index contributed by atoms with van der Waals surface area (Å²) in [6.07, 6.45) is 0. The number of fused-ring (bicyclic) bond motifs is 1. The first kappa shape index (κ1) is 16.1. The second kappa shape index (κ2) is 5.50. The molecule has 0 spiro atoms. The third-order valence-electron chi connectivity index (χ3n) is 3.22. The first-order valence-electron chi connectivity index (χ1n) is 6.57. The van der Waals surface area contributed by atoms with Crippen LogP contribution in [0.2, 0.25) is 5.02 Å². The fourth-order valence-corrected chi connectivity index (χ4v) is 2.44. The van der Waals surface area contributed by atoms with Crippen LogP contribution < -0.4 is 15.2 Å². The van der Waals surface area contributed by atoms with Crippen molar-refractivity contribution in [2.75, 3.05) is 20.0 Å². The molecule has 7 heteroatoms. The van der Waals surface area contributed by atoms with Crippen LogP contribution in [0.1, 0.15) is 32.2 Å². The molecule has 1 aromatic heterocycles. The zero-order valence-corrected chi connectivity index (χ0v) is 13.9. The average molecular weight is 321 g/mol. The molecule has 2 rings (SSSR count). The van der Waals surface area contributed by atoms with Crippen molar-refractivity contribution in [3.05, 3.63) is 16.4 Å². The van der Waals surface area contributed by atoms with Crippen LogP contribution in [0, 0.1) is 11.3 Å². The number of nitrogens with zero attached hydrogens (tertiary/aromatic N) is 3. The zero-order chi connectivity index (χ0) is 16.7. The van der Waals surface area contributed by atoms with Crippen LogP contribution in [0.3, 0.4) is 0 Å². The van der Waals surface area contributed by atoms with E-state index in [1.54, 1.807) is 0 Å². The highest BCUT2D eigenvalue weighted by atomic mass is 35.5. The third kappa shape index (κ3) is 2.38. The van der Waals surface area contributed by atoms with Crippen LogP contribution in [0.4, 0.5) is 5.82 Å². The van der Waals surface area contributed by atoms with Gasteiger partial charge in [-0.2, -0.15) is 5.26 Å². The van der Waals surface area contributed by atoms with Crippen LogP contribution in [-0.2, 0) is 5.41 Å². The molecule has 1 aromatic carbocycles. The normalized spacial score (nSPS) is 11.3. The summed E-state index contributed by atoms with van der Waals surface area (Å²) in [6, 6.07) is 2.07. The molecule has 0 fully saturated rings. The molecule has 1 heterocycles. The minimum absolute atomic E-state index is 0.189. The Balaban J connectivity index is 3.04. The van der Waals surface area contributed by atoms with E-state index in [2.05, 4.69) is 16.0 Å². The summed E-state index contributed by atoms with van der Waals surface area (Å²) in [6.45, 7) is 5.90. The van der Waals surface area contributed by atoms with E-state index >= 15 is 0 Å². The smallest absolute Gasteiger partial charge is 0.183 e. The molecule has 0 aliphatic rings. The number of benzene rings is 1. The Morgan fingerprint density at radius 3 is 2.18 bits per heavy atom. The Labute approximate surface area is 133 Å². The molecule has 2 N–H and O–H groups in total. The molecule has 0 amide bonds. The summed E-state index contributed by atoms with van der Waals surface area (Å²) in [5.74, 6) is 1.21. The number of anilines is 1. The van der Waals surface area contributed by atoms with Crippen LogP contribution in [-0.4, -0.2) is 24.2 Å². The highest BCUT2D eigenvalue weighted by Gasteiger charge is 2.26. The summed E-state index contributed by atoms with van der Waals surface area (Å²) >= 11 is 6.39. The minimum Gasteiger partial charge on any atom is -0.491 e. The number of ether oxygens (including phenoxy) is 2. The molecule has 0 unspecified atom stereocenters. The van der Waals surface area contributed by atoms with Gasteiger partial charge in [0.25, 0.3) is 0 Å². The molecule has 0 aliphatic carbocycles. The summed E-state index contributed by atoms with van der Waals surface area (Å²) in [5.41, 5.74) is 6.33. The van der Waals surface area contributed by atoms with Crippen molar-refractivity contribution in [3.63, 3.8) is 0 Å². The van der Waals surface area contributed by atoms with Crippen LogP contribution in [0.15, 0.2) is 0 Å². The molecule has 22 heavy (non-hydrogen) atoms. The quantitative estimate of drug-likeness (QED) is 0.913. The molecule has 0 radical (unpaired) electrons. The van der Waals surface area contributed by atoms with Gasteiger partial charge in [0.15, 0.2) is 11.5 Å². The number of halogens is 1. The first-order chi connectivity index (χ1) is 10.3. The van der Waals surface area contributed by atoms with E-state index in [9.17, 15) is 5.26 Å². The van der Waals surface area contributed by atoms with E-state index in [0.717, 1.165) is 0 Å². The molecular formula is C15H17ClN4O2. The van der Waals surface area contributed by atoms with Gasteiger partial charge in [-0.3, -0.25) is 0 Å². The zero-order valence-electron chi connectivity index (χ0n) is 13.1. The molecule has 2 aromatic rings. The predicted octanol–water partition coefficient (Wildman–Crippen LogP) is 3.05. The van der Waals surface area contributed by atoms with E-state index < -0.39 is 0 Å². The fourth-order valence-electron chi connectivity index (χ4n) is 2.14. The van der Waals surface area contributed by atoms with Gasteiger partial charge in [0.05, 0.1) is 19.6 Å². The number of rotatable bonds is 2. The van der Waals surface area contributed by atoms with E-state index in [1.165, 1.54) is 14.2 Å². The molecule has 0 atom stereocenters. The molecule has 0 aliphatic heterocycles. The van der Waals surface area contributed by atoms with Crippen LogP contribution in [0.5, 0.6) is 11.5 Å². The standard InChI is InChI=1S/C15H17ClN4O2/c1-15(2,3)14-19-10-8(13(18)20-14)7(6-17)11(21-4)12(22-5)9(10)16/h1-5H3,(H2,18,19,20). The number of hydrogen-bond donors (Lipinski definition) is 1. The second-order valence-corrected chi connectivity index (χ2v) is 6.15. The van der Waals surface area contributed by atoms with Gasteiger partial charge in [0.1, 0.15) is 33.8 Å². The number of nitriles is 1. The van der Waals surface area contributed by atoms with Crippen molar-refractivity contribution >= 4 is 28.3 Å². The van der Waals surface area contributed by atoms with Gasteiger partial charge < -0.3 is 15.2 Å². The average Bonchev–Trinajstić information content (AvgIpc) is 2.46. The van der Waals surface area contributed by atoms with Crippen molar-refractivity contribution < 1.29 is 9.47 Å². The lowest BCUT2D eigenvalue weighted by atomic mass is 9.95. The van der Waals surface area contributed by atoms with Gasteiger partial charge >= 0.3 is 0 Å². The van der Waals surface area contributed by atoms with Crippen molar-refractivity contribution in [1.82, 2.24) is 9.97 Å². The van der Waals surface area contributed by atoms with E-state index in [1.807, 2.05) is 20.8 Å². The SMILES string of the molecule is COc1c(OC)c(C#N)c2c(N)nc(C(C)(C)C)nc2c1Cl. The van der Waals surface area contributed by atoms with E-state index in [4.69, 9.17) is 26.8 Å². The number of aromatic nitrogens is 2. The maximum Gasteiger partial charge on any atom is 0.183 e. The predicted molar refractivity (Wildman–Crippen MR) is 85.5 cm³/mol. The van der Waals surface area contributed by atoms with Crippen molar-refractivity contribution in [3.8, 4) is 17.6 Å². The summed E-state index contributed by atoms with van der Waals surface area (Å²) < 4.78 is 10.5. The number of nitrogens with two attached hydrogens (primary N) is 1. The topological polar surface area (TPSA) is 94.0 Å². The summed E-state index contributed by atoms with van der Waals surface area (Å²) in [5, 5.41) is 10.1. The lowest BCUT2D eigenvalue weighted by Crippen LogP contribution is -2.17. The van der Waals surface area contributed by atoms with Crippen LogP contribution >= 0.6 is 11.6 Å². The van der Waals surface area contributed by atoms with Gasteiger partial charge in [-0.15, -0.1) is 0 Å². The Hall–Kier alpha value is -2.26. The highest BCUT2D eigenvalue weighted by molar-refractivity contribution is 6.37. The van der Waals surface area contributed by atoms with Crippen molar-refractivity contribution in [1.29, 1.82) is 5.26 Å². The lowest BCUT2D eigenvalue weighted by Gasteiger charge is -2.20. The Morgan fingerprint density at radius 2 is 1.73 bits per heavy atom. The largest absolute Gasteiger partial charge is 0.491 e. The maximum absolute atomic E-state index is 9.47. The molecule has 0 bridgehead atoms. The second-order valence-electron chi connectivity index (χ2n) is 5.77. The highest BCUT2D eigenvalue weighted by Crippen LogP contribution is 2.45. The van der Waals surface area contributed by atoms with Gasteiger partial charge in [-0.05, 0) is 0 Å². The summed E-state index contributed by atoms with van der Waals surface area (Å²) in [7, 11) is 2.88. The Kier molecular flexibility index (Phi) is 4.03. The van der Waals surface area contributed by atoms with E-state index in [-0.39, 0.29) is 33.3 Å². The van der Waals surface area contributed by atoms with Crippen molar-refractivity contribution in [2.45, 2.75) is 26.2 Å². The van der Waals surface area contributed by atoms with Gasteiger partial charge in [-0.1, -0.05) is 32.4 Å². The monoisotopic (exact) mass is 320 g/mol. The maximum atomic E-state index is 9.47. The molecule has 0 saturated carbocycles. The molecule has 0 saturated heterocycles. The first-order valence-corrected chi connectivity index (χ1v) is 6.95. The molecule has 116 valence electrons. The minimum atomic E-state index is -0.314. The van der Waals surface area contributed by atoms with Crippen molar-refractivity contribution in [2.24, 2.45) is 0 Å². The fraction of sp³-hybridized carbons (Fsp3) is 0.400. The molecular weight excluding hydrogens is 304 g/mol. The summed E-state index contributed by atoms with van der Waals surface area (Å²) in [4.78, 5) is 8.80. The van der Waals surface area contributed by atoms with E-state index in [0.29, 0.717) is 16.7 Å². The van der Waals surface area contributed by atoms with Crippen LogP contribution in [0.25, 0.3) is 10.9 Å².